The van der Waals surface area contributed by atoms with Crippen LogP contribution in [0.5, 0.6) is 0 Å². The van der Waals surface area contributed by atoms with Crippen molar-refractivity contribution in [1.29, 1.82) is 0 Å². The fourth-order valence-corrected chi connectivity index (χ4v) is 3.00. The van der Waals surface area contributed by atoms with Crippen LogP contribution in [0.25, 0.3) is 11.6 Å². The van der Waals surface area contributed by atoms with Gasteiger partial charge in [-0.3, -0.25) is 14.5 Å². The number of hydrogen-bond acceptors (Lipinski definition) is 7. The molecule has 9 nitrogen and oxygen atoms in total. The number of rotatable bonds is 4. The number of nitrogens with zero attached hydrogens (tertiary/aromatic N) is 7. The Kier molecular flexibility index (Phi) is 3.96. The summed E-state index contributed by atoms with van der Waals surface area (Å²) < 4.78 is 6.99. The molecule has 0 N–H and O–H groups in total. The first-order valence-corrected chi connectivity index (χ1v) is 8.17. The Morgan fingerprint density at radius 1 is 1.36 bits per heavy atom. The molecule has 1 amide bonds. The highest BCUT2D eigenvalue weighted by molar-refractivity contribution is 5.92. The van der Waals surface area contributed by atoms with Gasteiger partial charge in [-0.25, -0.2) is 4.98 Å². The molecule has 0 radical (unpaired) electrons. The van der Waals surface area contributed by atoms with Gasteiger partial charge in [0.2, 0.25) is 0 Å². The van der Waals surface area contributed by atoms with Gasteiger partial charge in [-0.15, -0.1) is 0 Å². The molecule has 25 heavy (non-hydrogen) atoms. The molecule has 9 heteroatoms. The van der Waals surface area contributed by atoms with Crippen LogP contribution in [-0.2, 0) is 6.54 Å². The Balaban J connectivity index is 1.48. The van der Waals surface area contributed by atoms with Crippen molar-refractivity contribution in [3.63, 3.8) is 0 Å². The van der Waals surface area contributed by atoms with E-state index in [4.69, 9.17) is 4.52 Å². The third-order valence-corrected chi connectivity index (χ3v) is 4.30. The van der Waals surface area contributed by atoms with Crippen molar-refractivity contribution in [2.24, 2.45) is 0 Å². The van der Waals surface area contributed by atoms with Gasteiger partial charge >= 0.3 is 0 Å². The quantitative estimate of drug-likeness (QED) is 0.707. The van der Waals surface area contributed by atoms with Gasteiger partial charge in [0.15, 0.2) is 5.82 Å². The van der Waals surface area contributed by atoms with Gasteiger partial charge in [-0.2, -0.15) is 10.1 Å². The highest BCUT2D eigenvalue weighted by Gasteiger charge is 2.32. The number of likely N-dealkylation sites (tertiary alicyclic amines) is 1. The van der Waals surface area contributed by atoms with Gasteiger partial charge in [0.1, 0.15) is 11.4 Å². The van der Waals surface area contributed by atoms with E-state index in [1.807, 2.05) is 11.8 Å². The number of carbonyl (C=O) groups excluding carboxylic acids is 1. The minimum Gasteiger partial charge on any atom is -0.337 e. The Bertz CT molecular complexity index is 874. The molecule has 0 aliphatic carbocycles. The second kappa shape index (κ2) is 6.42. The second-order valence-corrected chi connectivity index (χ2v) is 5.82. The summed E-state index contributed by atoms with van der Waals surface area (Å²) in [5, 5.41) is 8.21. The molecule has 1 aliphatic rings. The predicted molar refractivity (Wildman–Crippen MR) is 86.5 cm³/mol. The summed E-state index contributed by atoms with van der Waals surface area (Å²) in [5.74, 6) is 0.979. The number of hydrogen-bond donors (Lipinski definition) is 0. The first-order chi connectivity index (χ1) is 12.3. The van der Waals surface area contributed by atoms with Crippen LogP contribution in [0.4, 0.5) is 0 Å². The van der Waals surface area contributed by atoms with Crippen LogP contribution in [0.2, 0.25) is 0 Å². The van der Waals surface area contributed by atoms with Gasteiger partial charge < -0.3 is 9.42 Å². The maximum Gasteiger partial charge on any atom is 0.278 e. The molecule has 4 heterocycles. The lowest BCUT2D eigenvalue weighted by Crippen LogP contribution is -2.30. The van der Waals surface area contributed by atoms with Crippen LogP contribution in [0, 0.1) is 0 Å². The zero-order chi connectivity index (χ0) is 17.2. The SMILES string of the molecule is CCn1nccc1C(=O)N1CCC(c2noc(-c3cnccn3)n2)C1. The molecule has 1 fully saturated rings. The third kappa shape index (κ3) is 2.88. The zero-order valence-electron chi connectivity index (χ0n) is 13.7. The number of carbonyl (C=O) groups is 1. The molecule has 0 saturated carbocycles. The lowest BCUT2D eigenvalue weighted by atomic mass is 10.1. The molecule has 1 unspecified atom stereocenters. The molecule has 1 aliphatic heterocycles. The molecule has 0 spiro atoms. The molecule has 128 valence electrons. The number of aryl methyl sites for hydroxylation is 1. The maximum atomic E-state index is 12.7. The lowest BCUT2D eigenvalue weighted by Gasteiger charge is -2.16. The van der Waals surface area contributed by atoms with Crippen LogP contribution < -0.4 is 0 Å². The maximum absolute atomic E-state index is 12.7. The van der Waals surface area contributed by atoms with E-state index in [1.165, 1.54) is 0 Å². The van der Waals surface area contributed by atoms with Gasteiger partial charge in [-0.1, -0.05) is 5.16 Å². The fraction of sp³-hybridized carbons (Fsp3) is 0.375. The standard InChI is InChI=1S/C16H17N7O2/c1-2-23-13(3-5-19-23)16(24)22-8-4-11(10-22)14-20-15(25-21-14)12-9-17-6-7-18-12/h3,5-7,9,11H,2,4,8,10H2,1H3. The van der Waals surface area contributed by atoms with E-state index >= 15 is 0 Å². The third-order valence-electron chi connectivity index (χ3n) is 4.30. The molecule has 0 aromatic carbocycles. The van der Waals surface area contributed by atoms with E-state index in [-0.39, 0.29) is 11.8 Å². The molecular weight excluding hydrogens is 322 g/mol. The molecular formula is C16H17N7O2. The van der Waals surface area contributed by atoms with E-state index in [9.17, 15) is 4.79 Å². The minimum absolute atomic E-state index is 0.0144. The Morgan fingerprint density at radius 3 is 3.08 bits per heavy atom. The van der Waals surface area contributed by atoms with Gasteiger partial charge in [0.25, 0.3) is 11.8 Å². The minimum atomic E-state index is -0.0144. The first kappa shape index (κ1) is 15.4. The van der Waals surface area contributed by atoms with Crippen LogP contribution in [0.3, 0.4) is 0 Å². The van der Waals surface area contributed by atoms with Crippen molar-refractivity contribution in [1.82, 2.24) is 34.8 Å². The summed E-state index contributed by atoms with van der Waals surface area (Å²) >= 11 is 0. The molecule has 0 bridgehead atoms. The smallest absolute Gasteiger partial charge is 0.278 e. The van der Waals surface area contributed by atoms with Crippen molar-refractivity contribution in [3.05, 3.63) is 42.4 Å². The summed E-state index contributed by atoms with van der Waals surface area (Å²) in [7, 11) is 0. The van der Waals surface area contributed by atoms with Crippen molar-refractivity contribution >= 4 is 5.91 Å². The van der Waals surface area contributed by atoms with Crippen molar-refractivity contribution < 1.29 is 9.32 Å². The van der Waals surface area contributed by atoms with Crippen molar-refractivity contribution in [2.45, 2.75) is 25.8 Å². The molecule has 1 saturated heterocycles. The summed E-state index contributed by atoms with van der Waals surface area (Å²) in [6.07, 6.45) is 7.18. The van der Waals surface area contributed by atoms with Gasteiger partial charge in [0, 0.05) is 44.1 Å². The van der Waals surface area contributed by atoms with Gasteiger partial charge in [0.05, 0.1) is 6.20 Å². The highest BCUT2D eigenvalue weighted by atomic mass is 16.5. The summed E-state index contributed by atoms with van der Waals surface area (Å²) in [4.78, 5) is 27.1. The fourth-order valence-electron chi connectivity index (χ4n) is 3.00. The second-order valence-electron chi connectivity index (χ2n) is 5.82. The van der Waals surface area contributed by atoms with Crippen LogP contribution in [0.15, 0.2) is 35.4 Å². The predicted octanol–water partition coefficient (Wildman–Crippen LogP) is 1.37. The largest absolute Gasteiger partial charge is 0.337 e. The topological polar surface area (TPSA) is 103 Å². The normalized spacial score (nSPS) is 17.2. The average Bonchev–Trinajstić information content (AvgIpc) is 3.41. The Hall–Kier alpha value is -3.10. The highest BCUT2D eigenvalue weighted by Crippen LogP contribution is 2.27. The lowest BCUT2D eigenvalue weighted by molar-refractivity contribution is 0.0778. The zero-order valence-corrected chi connectivity index (χ0v) is 13.7. The summed E-state index contributed by atoms with van der Waals surface area (Å²) in [5.41, 5.74) is 1.15. The molecule has 3 aromatic heterocycles. The van der Waals surface area contributed by atoms with E-state index in [2.05, 4.69) is 25.2 Å². The molecule has 3 aromatic rings. The van der Waals surface area contributed by atoms with Gasteiger partial charge in [-0.05, 0) is 19.4 Å². The van der Waals surface area contributed by atoms with E-state index in [0.29, 0.717) is 42.7 Å². The van der Waals surface area contributed by atoms with Crippen LogP contribution in [-0.4, -0.2) is 53.8 Å². The monoisotopic (exact) mass is 339 g/mol. The Labute approximate surface area is 143 Å². The first-order valence-electron chi connectivity index (χ1n) is 8.17. The van der Waals surface area contributed by atoms with E-state index in [0.717, 1.165) is 6.42 Å². The Morgan fingerprint density at radius 2 is 2.28 bits per heavy atom. The number of aromatic nitrogens is 6. The van der Waals surface area contributed by atoms with Crippen molar-refractivity contribution in [3.8, 4) is 11.6 Å². The van der Waals surface area contributed by atoms with Crippen LogP contribution in [0.1, 0.15) is 35.6 Å². The van der Waals surface area contributed by atoms with Crippen LogP contribution >= 0.6 is 0 Å². The molecule has 1 atom stereocenters. The average molecular weight is 339 g/mol. The van der Waals surface area contributed by atoms with Crippen molar-refractivity contribution in [2.75, 3.05) is 13.1 Å². The summed E-state index contributed by atoms with van der Waals surface area (Å²) in [6, 6.07) is 1.75. The number of amides is 1. The van der Waals surface area contributed by atoms with E-state index in [1.54, 1.807) is 35.5 Å². The molecule has 4 rings (SSSR count). The van der Waals surface area contributed by atoms with E-state index < -0.39 is 0 Å². The summed E-state index contributed by atoms with van der Waals surface area (Å²) in [6.45, 7) is 3.85.